The van der Waals surface area contributed by atoms with Crippen molar-refractivity contribution in [2.24, 2.45) is 0 Å². The maximum Gasteiger partial charge on any atom is 0.222 e. The van der Waals surface area contributed by atoms with E-state index in [9.17, 15) is 9.59 Å². The lowest BCUT2D eigenvalue weighted by Gasteiger charge is -2.32. The van der Waals surface area contributed by atoms with Crippen molar-refractivity contribution in [3.05, 3.63) is 35.9 Å². The summed E-state index contributed by atoms with van der Waals surface area (Å²) >= 11 is 0. The number of hydrogen-bond acceptors (Lipinski definition) is 2. The molecular formula is C18H26N2O2. The summed E-state index contributed by atoms with van der Waals surface area (Å²) in [6, 6.07) is 10.3. The van der Waals surface area contributed by atoms with E-state index in [2.05, 4.69) is 5.32 Å². The average molecular weight is 302 g/mol. The van der Waals surface area contributed by atoms with Crippen LogP contribution in [0.25, 0.3) is 0 Å². The third-order valence-electron chi connectivity index (χ3n) is 4.16. The van der Waals surface area contributed by atoms with Crippen LogP contribution in [0.3, 0.4) is 0 Å². The van der Waals surface area contributed by atoms with E-state index in [4.69, 9.17) is 0 Å². The fourth-order valence-corrected chi connectivity index (χ4v) is 2.85. The Bertz CT molecular complexity index is 479. The first-order valence-electron chi connectivity index (χ1n) is 8.30. The van der Waals surface area contributed by atoms with Gasteiger partial charge < -0.3 is 10.2 Å². The van der Waals surface area contributed by atoms with Gasteiger partial charge in [-0.15, -0.1) is 0 Å². The molecule has 0 aromatic heterocycles. The minimum Gasteiger partial charge on any atom is -0.353 e. The van der Waals surface area contributed by atoms with Gasteiger partial charge in [0.2, 0.25) is 11.8 Å². The van der Waals surface area contributed by atoms with Crippen LogP contribution in [-0.4, -0.2) is 35.8 Å². The lowest BCUT2D eigenvalue weighted by atomic mass is 10.0. The number of hydrogen-bond donors (Lipinski definition) is 1. The predicted molar refractivity (Wildman–Crippen MR) is 87.4 cm³/mol. The molecule has 120 valence electrons. The van der Waals surface area contributed by atoms with Gasteiger partial charge in [-0.3, -0.25) is 9.59 Å². The minimum absolute atomic E-state index is 0.113. The molecule has 2 amide bonds. The van der Waals surface area contributed by atoms with Crippen molar-refractivity contribution in [3.8, 4) is 0 Å². The van der Waals surface area contributed by atoms with E-state index in [1.807, 2.05) is 42.2 Å². The number of amides is 2. The number of piperidine rings is 1. The second-order valence-corrected chi connectivity index (χ2v) is 5.96. The maximum absolute atomic E-state index is 12.0. The monoisotopic (exact) mass is 302 g/mol. The van der Waals surface area contributed by atoms with E-state index in [-0.39, 0.29) is 17.9 Å². The molecular weight excluding hydrogens is 276 g/mol. The first-order valence-corrected chi connectivity index (χ1v) is 8.30. The van der Waals surface area contributed by atoms with Crippen LogP contribution >= 0.6 is 0 Å². The quantitative estimate of drug-likeness (QED) is 0.878. The van der Waals surface area contributed by atoms with Gasteiger partial charge in [0.05, 0.1) is 0 Å². The van der Waals surface area contributed by atoms with Crippen LogP contribution in [0.2, 0.25) is 0 Å². The summed E-state index contributed by atoms with van der Waals surface area (Å²) in [6.45, 7) is 3.56. The van der Waals surface area contributed by atoms with Crippen LogP contribution in [-0.2, 0) is 16.0 Å². The van der Waals surface area contributed by atoms with Crippen LogP contribution < -0.4 is 5.32 Å². The normalized spacial score (nSPS) is 15.6. The van der Waals surface area contributed by atoms with Gasteiger partial charge in [-0.1, -0.05) is 37.3 Å². The highest BCUT2D eigenvalue weighted by Crippen LogP contribution is 2.12. The number of rotatable bonds is 6. The molecule has 0 aliphatic carbocycles. The third kappa shape index (κ3) is 5.17. The van der Waals surface area contributed by atoms with E-state index in [1.165, 1.54) is 5.56 Å². The van der Waals surface area contributed by atoms with Crippen molar-refractivity contribution in [1.82, 2.24) is 10.2 Å². The van der Waals surface area contributed by atoms with Crippen LogP contribution in [0.15, 0.2) is 30.3 Å². The highest BCUT2D eigenvalue weighted by molar-refractivity contribution is 5.77. The number of aryl methyl sites for hydroxylation is 1. The summed E-state index contributed by atoms with van der Waals surface area (Å²) < 4.78 is 0. The average Bonchev–Trinajstić information content (AvgIpc) is 2.55. The summed E-state index contributed by atoms with van der Waals surface area (Å²) in [5.74, 6) is 0.360. The van der Waals surface area contributed by atoms with Crippen molar-refractivity contribution < 1.29 is 9.59 Å². The van der Waals surface area contributed by atoms with E-state index < -0.39 is 0 Å². The zero-order valence-electron chi connectivity index (χ0n) is 13.4. The number of carbonyl (C=O) groups excluding carboxylic acids is 2. The summed E-state index contributed by atoms with van der Waals surface area (Å²) in [4.78, 5) is 25.8. The van der Waals surface area contributed by atoms with Crippen molar-refractivity contribution in [1.29, 1.82) is 0 Å². The Hall–Kier alpha value is -1.84. The molecule has 1 aromatic rings. The lowest BCUT2D eigenvalue weighted by Crippen LogP contribution is -2.46. The van der Waals surface area contributed by atoms with Crippen LogP contribution in [0, 0.1) is 0 Å². The molecule has 4 heteroatoms. The molecule has 0 spiro atoms. The number of nitrogens with one attached hydrogen (secondary N) is 1. The van der Waals surface area contributed by atoms with Gasteiger partial charge in [0.25, 0.3) is 0 Å². The maximum atomic E-state index is 12.0. The predicted octanol–water partition coefficient (Wildman–Crippen LogP) is 2.53. The molecule has 1 N–H and O–H groups in total. The van der Waals surface area contributed by atoms with Gasteiger partial charge in [-0.2, -0.15) is 0 Å². The molecule has 0 radical (unpaired) electrons. The van der Waals surface area contributed by atoms with E-state index >= 15 is 0 Å². The number of carbonyl (C=O) groups is 2. The highest BCUT2D eigenvalue weighted by atomic mass is 16.2. The van der Waals surface area contributed by atoms with E-state index in [0.29, 0.717) is 12.8 Å². The fraction of sp³-hybridized carbons (Fsp3) is 0.556. The summed E-state index contributed by atoms with van der Waals surface area (Å²) in [6.07, 6.45) is 4.57. The molecule has 1 aliphatic rings. The Balaban J connectivity index is 1.67. The van der Waals surface area contributed by atoms with Gasteiger partial charge >= 0.3 is 0 Å². The number of likely N-dealkylation sites (tertiary alicyclic amines) is 1. The zero-order chi connectivity index (χ0) is 15.8. The first-order chi connectivity index (χ1) is 10.7. The molecule has 1 fully saturated rings. The number of benzene rings is 1. The molecule has 1 aromatic carbocycles. The standard InChI is InChI=1S/C18H26N2O2/c1-2-6-18(22)20-13-11-16(12-14-20)19-17(21)10-9-15-7-4-3-5-8-15/h3-5,7-8,16H,2,6,9-14H2,1H3,(H,19,21). The van der Waals surface area contributed by atoms with Crippen molar-refractivity contribution >= 4 is 11.8 Å². The van der Waals surface area contributed by atoms with Crippen LogP contribution in [0.5, 0.6) is 0 Å². The molecule has 0 bridgehead atoms. The second kappa shape index (κ2) is 8.57. The smallest absolute Gasteiger partial charge is 0.222 e. The third-order valence-corrected chi connectivity index (χ3v) is 4.16. The topological polar surface area (TPSA) is 49.4 Å². The molecule has 4 nitrogen and oxygen atoms in total. The van der Waals surface area contributed by atoms with Gasteiger partial charge in [0.1, 0.15) is 0 Å². The Morgan fingerprint density at radius 3 is 2.45 bits per heavy atom. The molecule has 0 unspecified atom stereocenters. The Morgan fingerprint density at radius 1 is 1.14 bits per heavy atom. The van der Waals surface area contributed by atoms with Gasteiger partial charge in [0.15, 0.2) is 0 Å². The van der Waals surface area contributed by atoms with Crippen molar-refractivity contribution in [3.63, 3.8) is 0 Å². The minimum atomic E-state index is 0.113. The van der Waals surface area contributed by atoms with Gasteiger partial charge in [-0.25, -0.2) is 0 Å². The zero-order valence-corrected chi connectivity index (χ0v) is 13.4. The number of nitrogens with zero attached hydrogens (tertiary/aromatic N) is 1. The Morgan fingerprint density at radius 2 is 1.82 bits per heavy atom. The second-order valence-electron chi connectivity index (χ2n) is 5.96. The molecule has 1 heterocycles. The Kier molecular flexibility index (Phi) is 6.44. The molecule has 0 atom stereocenters. The molecule has 22 heavy (non-hydrogen) atoms. The van der Waals surface area contributed by atoms with Crippen molar-refractivity contribution in [2.45, 2.75) is 51.5 Å². The van der Waals surface area contributed by atoms with E-state index in [0.717, 1.165) is 38.8 Å². The molecule has 1 saturated heterocycles. The largest absolute Gasteiger partial charge is 0.353 e. The van der Waals surface area contributed by atoms with Gasteiger partial charge in [-0.05, 0) is 31.2 Å². The summed E-state index contributed by atoms with van der Waals surface area (Å²) in [5, 5.41) is 3.10. The summed E-state index contributed by atoms with van der Waals surface area (Å²) in [5.41, 5.74) is 1.19. The fourth-order valence-electron chi connectivity index (χ4n) is 2.85. The molecule has 0 saturated carbocycles. The van der Waals surface area contributed by atoms with E-state index in [1.54, 1.807) is 0 Å². The van der Waals surface area contributed by atoms with Gasteiger partial charge in [0, 0.05) is 32.0 Å². The molecule has 2 rings (SSSR count). The summed E-state index contributed by atoms with van der Waals surface area (Å²) in [7, 11) is 0. The Labute approximate surface area is 132 Å². The van der Waals surface area contributed by atoms with Crippen LogP contribution in [0.4, 0.5) is 0 Å². The molecule has 1 aliphatic heterocycles. The first kappa shape index (κ1) is 16.5. The van der Waals surface area contributed by atoms with Crippen LogP contribution in [0.1, 0.15) is 44.6 Å². The lowest BCUT2D eigenvalue weighted by molar-refractivity contribution is -0.132. The van der Waals surface area contributed by atoms with Crippen molar-refractivity contribution in [2.75, 3.05) is 13.1 Å². The highest BCUT2D eigenvalue weighted by Gasteiger charge is 2.23. The SMILES string of the molecule is CCCC(=O)N1CCC(NC(=O)CCc2ccccc2)CC1.